The summed E-state index contributed by atoms with van der Waals surface area (Å²) in [5.74, 6) is -0.312. The zero-order valence-electron chi connectivity index (χ0n) is 17.9. The summed E-state index contributed by atoms with van der Waals surface area (Å²) in [6, 6.07) is 8.51. The van der Waals surface area contributed by atoms with Crippen LogP contribution in [0.3, 0.4) is 0 Å². The van der Waals surface area contributed by atoms with E-state index < -0.39 is 5.37 Å². The number of aromatic nitrogens is 1. The number of benzene rings is 1. The first kappa shape index (κ1) is 21.1. The monoisotopic (exact) mass is 428 g/mol. The van der Waals surface area contributed by atoms with Crippen LogP contribution in [0.1, 0.15) is 31.7 Å². The Morgan fingerprint density at radius 3 is 2.80 bits per heavy atom. The fraction of sp³-hybridized carbons (Fsp3) is 0.545. The first-order chi connectivity index (χ1) is 14.6. The van der Waals surface area contributed by atoms with Gasteiger partial charge >= 0.3 is 0 Å². The fourth-order valence-corrected chi connectivity index (χ4v) is 5.36. The zero-order chi connectivity index (χ0) is 21.1. The number of thioether (sulfide) groups is 1. The van der Waals surface area contributed by atoms with Gasteiger partial charge in [-0.2, -0.15) is 5.10 Å². The van der Waals surface area contributed by atoms with E-state index in [2.05, 4.69) is 53.2 Å². The van der Waals surface area contributed by atoms with E-state index in [1.54, 1.807) is 0 Å². The zero-order valence-corrected chi connectivity index (χ0v) is 18.7. The van der Waals surface area contributed by atoms with Crippen LogP contribution >= 0.6 is 11.8 Å². The van der Waals surface area contributed by atoms with Gasteiger partial charge < -0.3 is 20.5 Å². The van der Waals surface area contributed by atoms with E-state index in [1.165, 1.54) is 22.7 Å². The molecule has 2 aliphatic rings. The Labute approximate surface area is 182 Å². The Balaban J connectivity index is 1.59. The third kappa shape index (κ3) is 4.44. The highest BCUT2D eigenvalue weighted by atomic mass is 32.2. The second-order valence-electron chi connectivity index (χ2n) is 8.29. The molecule has 1 aromatic heterocycles. The van der Waals surface area contributed by atoms with Gasteiger partial charge in [-0.1, -0.05) is 38.0 Å². The third-order valence-electron chi connectivity index (χ3n) is 6.07. The normalized spacial score (nSPS) is 21.3. The van der Waals surface area contributed by atoms with Crippen molar-refractivity contribution in [2.75, 3.05) is 33.2 Å². The first-order valence-electron chi connectivity index (χ1n) is 10.9. The molecule has 7 nitrogen and oxygen atoms in total. The van der Waals surface area contributed by atoms with E-state index >= 15 is 0 Å². The molecule has 1 saturated heterocycles. The van der Waals surface area contributed by atoms with Gasteiger partial charge in [0.2, 0.25) is 0 Å². The molecule has 0 bridgehead atoms. The highest BCUT2D eigenvalue weighted by Crippen LogP contribution is 2.33. The predicted molar refractivity (Wildman–Crippen MR) is 124 cm³/mol. The van der Waals surface area contributed by atoms with Crippen molar-refractivity contribution in [1.82, 2.24) is 19.8 Å². The number of aromatic amines is 1. The minimum atomic E-state index is -0.438. The number of nitrogens with one attached hydrogen (secondary N) is 1. The maximum Gasteiger partial charge on any atom is 0.252 e. The van der Waals surface area contributed by atoms with Gasteiger partial charge in [-0.3, -0.25) is 9.80 Å². The molecule has 1 aromatic carbocycles. The molecule has 2 aliphatic heterocycles. The molecular weight excluding hydrogens is 396 g/mol. The van der Waals surface area contributed by atoms with E-state index in [0.29, 0.717) is 0 Å². The Hall–Kier alpha value is -2.19. The molecule has 0 saturated carbocycles. The molecule has 2 atom stereocenters. The summed E-state index contributed by atoms with van der Waals surface area (Å²) in [4.78, 5) is 20.3. The minimum absolute atomic E-state index is 0.138. The van der Waals surface area contributed by atoms with Crippen LogP contribution in [0, 0.1) is 0 Å². The summed E-state index contributed by atoms with van der Waals surface area (Å²) >= 11 is 1.51. The highest BCUT2D eigenvalue weighted by molar-refractivity contribution is 8.15. The van der Waals surface area contributed by atoms with Crippen molar-refractivity contribution in [2.45, 2.75) is 44.0 Å². The van der Waals surface area contributed by atoms with Crippen LogP contribution < -0.4 is 5.73 Å². The van der Waals surface area contributed by atoms with Crippen LogP contribution in [0.2, 0.25) is 0 Å². The molecule has 30 heavy (non-hydrogen) atoms. The molecule has 0 radical (unpaired) electrons. The number of primary amides is 1. The van der Waals surface area contributed by atoms with E-state index in [-0.39, 0.29) is 11.9 Å². The minimum Gasteiger partial charge on any atom is -0.367 e. The number of carbonyl (C=O) groups excluding carboxylic acids is 1. The largest absolute Gasteiger partial charge is 0.367 e. The SMILES string of the molecule is CCCCC(Cc1c[nH]c2ccccc12)N1N=C(N2CCN(C)CC2)SC1C(N)=O. The van der Waals surface area contributed by atoms with Crippen LogP contribution in [0.15, 0.2) is 35.6 Å². The van der Waals surface area contributed by atoms with Crippen molar-refractivity contribution >= 4 is 33.7 Å². The van der Waals surface area contributed by atoms with Gasteiger partial charge in [-0.25, -0.2) is 0 Å². The van der Waals surface area contributed by atoms with Crippen LogP contribution in [0.25, 0.3) is 10.9 Å². The number of nitrogens with two attached hydrogens (primary N) is 1. The topological polar surface area (TPSA) is 81.0 Å². The molecule has 0 aliphatic carbocycles. The van der Waals surface area contributed by atoms with Gasteiger partial charge in [-0.15, -0.1) is 0 Å². The Kier molecular flexibility index (Phi) is 6.53. The average Bonchev–Trinajstić information content (AvgIpc) is 3.36. The fourth-order valence-electron chi connectivity index (χ4n) is 4.25. The van der Waals surface area contributed by atoms with E-state index in [4.69, 9.17) is 10.8 Å². The summed E-state index contributed by atoms with van der Waals surface area (Å²) in [7, 11) is 2.14. The molecule has 0 spiro atoms. The van der Waals surface area contributed by atoms with E-state index in [0.717, 1.165) is 62.5 Å². The van der Waals surface area contributed by atoms with Crippen molar-refractivity contribution in [1.29, 1.82) is 0 Å². The standard InChI is InChI=1S/C22H32N6OS/c1-3-4-7-17(14-16-15-24-19-9-6-5-8-18(16)19)28-21(20(23)29)30-22(25-28)27-12-10-26(2)11-13-27/h5-6,8-9,15,17,21,24H,3-4,7,10-14H2,1-2H3,(H2,23,29). The maximum atomic E-state index is 12.3. The van der Waals surface area contributed by atoms with Crippen LogP contribution in [0.5, 0.6) is 0 Å². The number of H-pyrrole nitrogens is 1. The second kappa shape index (κ2) is 9.31. The van der Waals surface area contributed by atoms with Crippen molar-refractivity contribution in [3.8, 4) is 0 Å². The number of hydrogen-bond donors (Lipinski definition) is 2. The molecule has 8 heteroatoms. The van der Waals surface area contributed by atoms with Gasteiger partial charge in [0.25, 0.3) is 5.91 Å². The maximum absolute atomic E-state index is 12.3. The third-order valence-corrected chi connectivity index (χ3v) is 7.29. The van der Waals surface area contributed by atoms with E-state index in [1.807, 2.05) is 11.1 Å². The van der Waals surface area contributed by atoms with Gasteiger partial charge in [0, 0.05) is 43.3 Å². The van der Waals surface area contributed by atoms with E-state index in [9.17, 15) is 4.79 Å². The number of nitrogens with zero attached hydrogens (tertiary/aromatic N) is 4. The van der Waals surface area contributed by atoms with Crippen molar-refractivity contribution in [3.05, 3.63) is 36.0 Å². The molecule has 3 heterocycles. The number of unbranched alkanes of at least 4 members (excludes halogenated alkanes) is 1. The van der Waals surface area contributed by atoms with Gasteiger partial charge in [0.15, 0.2) is 10.5 Å². The first-order valence-corrected chi connectivity index (χ1v) is 11.8. The quantitative estimate of drug-likeness (QED) is 0.709. The highest BCUT2D eigenvalue weighted by Gasteiger charge is 2.38. The number of amides is 1. The smallest absolute Gasteiger partial charge is 0.252 e. The number of piperazine rings is 1. The predicted octanol–water partition coefficient (Wildman–Crippen LogP) is 2.65. The number of hydrogen-bond acceptors (Lipinski definition) is 6. The number of likely N-dealkylation sites (N-methyl/N-ethyl adjacent to an activating group) is 1. The lowest BCUT2D eigenvalue weighted by Crippen LogP contribution is -2.46. The number of fused-ring (bicyclic) bond motifs is 1. The van der Waals surface area contributed by atoms with Crippen LogP contribution in [0.4, 0.5) is 0 Å². The van der Waals surface area contributed by atoms with Crippen LogP contribution in [-0.2, 0) is 11.2 Å². The molecule has 1 fully saturated rings. The van der Waals surface area contributed by atoms with Gasteiger partial charge in [0.1, 0.15) is 0 Å². The number of para-hydroxylation sites is 1. The Morgan fingerprint density at radius 1 is 1.30 bits per heavy atom. The lowest BCUT2D eigenvalue weighted by molar-refractivity contribution is -0.120. The average molecular weight is 429 g/mol. The molecule has 3 N–H and O–H groups in total. The molecule has 2 aromatic rings. The second-order valence-corrected chi connectivity index (χ2v) is 9.33. The van der Waals surface area contributed by atoms with Crippen molar-refractivity contribution in [2.24, 2.45) is 10.8 Å². The molecular formula is C22H32N6OS. The number of carbonyl (C=O) groups is 1. The lowest BCUT2D eigenvalue weighted by Gasteiger charge is -2.32. The summed E-state index contributed by atoms with van der Waals surface area (Å²) < 4.78 is 0. The summed E-state index contributed by atoms with van der Waals surface area (Å²) in [6.07, 6.45) is 6.13. The molecule has 4 rings (SSSR count). The van der Waals surface area contributed by atoms with Gasteiger partial charge in [-0.05, 0) is 43.3 Å². The number of hydrazone groups is 1. The number of rotatable bonds is 7. The summed E-state index contributed by atoms with van der Waals surface area (Å²) in [5.41, 5.74) is 8.24. The van der Waals surface area contributed by atoms with Crippen molar-refractivity contribution in [3.63, 3.8) is 0 Å². The van der Waals surface area contributed by atoms with Crippen LogP contribution in [-0.4, -0.2) is 75.5 Å². The summed E-state index contributed by atoms with van der Waals surface area (Å²) in [6.45, 7) is 6.09. The molecule has 2 unspecified atom stereocenters. The Morgan fingerprint density at radius 2 is 2.07 bits per heavy atom. The Bertz CT molecular complexity index is 904. The molecule has 1 amide bonds. The lowest BCUT2D eigenvalue weighted by atomic mass is 10.00. The van der Waals surface area contributed by atoms with Crippen molar-refractivity contribution < 1.29 is 4.79 Å². The van der Waals surface area contributed by atoms with Gasteiger partial charge in [0.05, 0.1) is 6.04 Å². The number of amidine groups is 1. The summed E-state index contributed by atoms with van der Waals surface area (Å²) in [5, 5.41) is 8.70. The molecule has 162 valence electrons.